The summed E-state index contributed by atoms with van der Waals surface area (Å²) in [6.45, 7) is 6.10. The Bertz CT molecular complexity index is 291. The average Bonchev–Trinajstić information content (AvgIpc) is 2.72. The van der Waals surface area contributed by atoms with Crippen LogP contribution in [0.2, 0.25) is 0 Å². The molecular formula is C13H25ClN2O2. The highest BCUT2D eigenvalue weighted by molar-refractivity contribution is 5.85. The van der Waals surface area contributed by atoms with Crippen molar-refractivity contribution < 1.29 is 9.53 Å². The molecule has 2 rings (SSSR count). The van der Waals surface area contributed by atoms with Gasteiger partial charge in [-0.1, -0.05) is 0 Å². The Labute approximate surface area is 116 Å². The van der Waals surface area contributed by atoms with Gasteiger partial charge in [0.15, 0.2) is 0 Å². The van der Waals surface area contributed by atoms with Gasteiger partial charge in [-0.3, -0.25) is 4.79 Å². The number of halogens is 1. The van der Waals surface area contributed by atoms with Gasteiger partial charge in [-0.25, -0.2) is 0 Å². The number of hydrogen-bond donors (Lipinski definition) is 1. The van der Waals surface area contributed by atoms with E-state index in [1.807, 2.05) is 20.9 Å². The summed E-state index contributed by atoms with van der Waals surface area (Å²) >= 11 is 0. The summed E-state index contributed by atoms with van der Waals surface area (Å²) in [5.41, 5.74) is -0.0105. The molecule has 4 nitrogen and oxygen atoms in total. The highest BCUT2D eigenvalue weighted by Crippen LogP contribution is 2.37. The maximum atomic E-state index is 12.2. The largest absolute Gasteiger partial charge is 0.362 e. The molecule has 1 amide bonds. The van der Waals surface area contributed by atoms with E-state index in [2.05, 4.69) is 5.32 Å². The van der Waals surface area contributed by atoms with Gasteiger partial charge in [0.1, 0.15) is 6.10 Å². The van der Waals surface area contributed by atoms with Crippen LogP contribution in [0, 0.1) is 0 Å². The van der Waals surface area contributed by atoms with Crippen LogP contribution in [0.25, 0.3) is 0 Å². The molecule has 1 unspecified atom stereocenters. The number of rotatable bonds is 2. The zero-order valence-corrected chi connectivity index (χ0v) is 12.4. The Balaban J connectivity index is 0.00000162. The van der Waals surface area contributed by atoms with E-state index >= 15 is 0 Å². The number of nitrogens with zero attached hydrogens (tertiary/aromatic N) is 1. The van der Waals surface area contributed by atoms with Gasteiger partial charge in [-0.15, -0.1) is 12.4 Å². The van der Waals surface area contributed by atoms with Crippen LogP contribution in [-0.2, 0) is 9.53 Å². The maximum absolute atomic E-state index is 12.2. The van der Waals surface area contributed by atoms with E-state index in [9.17, 15) is 4.79 Å². The van der Waals surface area contributed by atoms with Crippen molar-refractivity contribution in [3.8, 4) is 0 Å². The maximum Gasteiger partial charge on any atom is 0.251 e. The van der Waals surface area contributed by atoms with Crippen LogP contribution >= 0.6 is 12.4 Å². The van der Waals surface area contributed by atoms with Gasteiger partial charge in [0.05, 0.1) is 5.60 Å². The first kappa shape index (κ1) is 15.7. The average molecular weight is 277 g/mol. The van der Waals surface area contributed by atoms with Crippen LogP contribution in [0.1, 0.15) is 39.5 Å². The molecular weight excluding hydrogens is 252 g/mol. The third-order valence-corrected chi connectivity index (χ3v) is 4.17. The molecule has 1 spiro atoms. The number of ether oxygens (including phenoxy) is 1. The smallest absolute Gasteiger partial charge is 0.251 e. The number of nitrogens with one attached hydrogen (secondary N) is 1. The zero-order valence-electron chi connectivity index (χ0n) is 11.6. The van der Waals surface area contributed by atoms with E-state index in [-0.39, 0.29) is 36.1 Å². The van der Waals surface area contributed by atoms with Gasteiger partial charge in [-0.05, 0) is 52.6 Å². The fraction of sp³-hybridized carbons (Fsp3) is 0.923. The van der Waals surface area contributed by atoms with E-state index in [1.165, 1.54) is 0 Å². The third-order valence-electron chi connectivity index (χ3n) is 4.17. The van der Waals surface area contributed by atoms with Crippen molar-refractivity contribution in [1.82, 2.24) is 10.2 Å². The molecule has 1 N–H and O–H groups in total. The van der Waals surface area contributed by atoms with Gasteiger partial charge in [0, 0.05) is 13.1 Å². The van der Waals surface area contributed by atoms with Gasteiger partial charge in [0.2, 0.25) is 0 Å². The molecule has 0 aromatic heterocycles. The lowest BCUT2D eigenvalue weighted by Gasteiger charge is -2.34. The Morgan fingerprint density at radius 2 is 1.94 bits per heavy atom. The minimum absolute atomic E-state index is 0. The molecule has 106 valence electrons. The summed E-state index contributed by atoms with van der Waals surface area (Å²) in [6, 6.07) is 0.246. The standard InChI is InChI=1S/C13H24N2O2.ClH/c1-10(2)15(3)12(16)11-4-5-13(17-11)6-8-14-9-7-13;/h10-11,14H,4-9H2,1-3H3;1H. The molecule has 18 heavy (non-hydrogen) atoms. The molecule has 2 saturated heterocycles. The van der Waals surface area contributed by atoms with E-state index in [1.54, 1.807) is 4.90 Å². The predicted molar refractivity (Wildman–Crippen MR) is 74.1 cm³/mol. The lowest BCUT2D eigenvalue weighted by atomic mass is 9.89. The summed E-state index contributed by atoms with van der Waals surface area (Å²) in [6.07, 6.45) is 3.80. The second-order valence-electron chi connectivity index (χ2n) is 5.62. The number of amides is 1. The quantitative estimate of drug-likeness (QED) is 0.833. The molecule has 0 bridgehead atoms. The molecule has 2 fully saturated rings. The molecule has 0 radical (unpaired) electrons. The first-order chi connectivity index (χ1) is 8.04. The minimum atomic E-state index is -0.208. The van der Waals surface area contributed by atoms with Crippen molar-refractivity contribution in [1.29, 1.82) is 0 Å². The molecule has 5 heteroatoms. The topological polar surface area (TPSA) is 41.6 Å². The first-order valence-corrected chi connectivity index (χ1v) is 6.69. The second kappa shape index (κ2) is 6.22. The molecule has 2 aliphatic rings. The molecule has 2 heterocycles. The van der Waals surface area contributed by atoms with Crippen LogP contribution in [0.4, 0.5) is 0 Å². The van der Waals surface area contributed by atoms with Crippen LogP contribution in [0.15, 0.2) is 0 Å². The van der Waals surface area contributed by atoms with E-state index in [0.29, 0.717) is 0 Å². The minimum Gasteiger partial charge on any atom is -0.362 e. The normalized spacial score (nSPS) is 26.1. The predicted octanol–water partition coefficient (Wildman–Crippen LogP) is 1.58. The highest BCUT2D eigenvalue weighted by Gasteiger charge is 2.44. The van der Waals surface area contributed by atoms with Gasteiger partial charge < -0.3 is 15.0 Å². The van der Waals surface area contributed by atoms with Crippen molar-refractivity contribution >= 4 is 18.3 Å². The van der Waals surface area contributed by atoms with Gasteiger partial charge in [0.25, 0.3) is 5.91 Å². The van der Waals surface area contributed by atoms with Crippen molar-refractivity contribution in [2.45, 2.75) is 57.3 Å². The Morgan fingerprint density at radius 3 is 2.50 bits per heavy atom. The van der Waals surface area contributed by atoms with Crippen molar-refractivity contribution in [2.75, 3.05) is 20.1 Å². The second-order valence-corrected chi connectivity index (χ2v) is 5.62. The van der Waals surface area contributed by atoms with Crippen molar-refractivity contribution in [2.24, 2.45) is 0 Å². The summed E-state index contributed by atoms with van der Waals surface area (Å²) in [4.78, 5) is 14.0. The summed E-state index contributed by atoms with van der Waals surface area (Å²) < 4.78 is 6.09. The Kier molecular flexibility index (Phi) is 5.44. The van der Waals surface area contributed by atoms with Crippen LogP contribution in [-0.4, -0.2) is 48.7 Å². The Morgan fingerprint density at radius 1 is 1.33 bits per heavy atom. The fourth-order valence-electron chi connectivity index (χ4n) is 2.72. The molecule has 0 aromatic carbocycles. The summed E-state index contributed by atoms with van der Waals surface area (Å²) in [5, 5.41) is 3.35. The zero-order chi connectivity index (χ0) is 12.5. The van der Waals surface area contributed by atoms with Gasteiger partial charge in [-0.2, -0.15) is 0 Å². The number of hydrogen-bond acceptors (Lipinski definition) is 3. The summed E-state index contributed by atoms with van der Waals surface area (Å²) in [7, 11) is 1.86. The fourth-order valence-corrected chi connectivity index (χ4v) is 2.72. The van der Waals surface area contributed by atoms with Crippen LogP contribution in [0.3, 0.4) is 0 Å². The number of piperidine rings is 1. The summed E-state index contributed by atoms with van der Waals surface area (Å²) in [5.74, 6) is 0.149. The molecule has 0 aliphatic carbocycles. The number of likely N-dealkylation sites (N-methyl/N-ethyl adjacent to an activating group) is 1. The lowest BCUT2D eigenvalue weighted by molar-refractivity contribution is -0.149. The molecule has 0 aromatic rings. The van der Waals surface area contributed by atoms with Crippen LogP contribution in [0.5, 0.6) is 0 Å². The SMILES string of the molecule is CC(C)N(C)C(=O)C1CCC2(CCNCC2)O1.Cl. The first-order valence-electron chi connectivity index (χ1n) is 6.69. The lowest BCUT2D eigenvalue weighted by Crippen LogP contribution is -2.45. The number of carbonyl (C=O) groups is 1. The number of carbonyl (C=O) groups excluding carboxylic acids is 1. The van der Waals surface area contributed by atoms with Crippen molar-refractivity contribution in [3.05, 3.63) is 0 Å². The van der Waals surface area contributed by atoms with Crippen LogP contribution < -0.4 is 5.32 Å². The molecule has 0 saturated carbocycles. The van der Waals surface area contributed by atoms with E-state index in [0.717, 1.165) is 38.8 Å². The Hall–Kier alpha value is -0.320. The van der Waals surface area contributed by atoms with Crippen molar-refractivity contribution in [3.63, 3.8) is 0 Å². The highest BCUT2D eigenvalue weighted by atomic mass is 35.5. The van der Waals surface area contributed by atoms with Gasteiger partial charge >= 0.3 is 0 Å². The van der Waals surface area contributed by atoms with E-state index in [4.69, 9.17) is 4.74 Å². The monoisotopic (exact) mass is 276 g/mol. The molecule has 2 aliphatic heterocycles. The molecule has 1 atom stereocenters. The third kappa shape index (κ3) is 3.16. The van der Waals surface area contributed by atoms with E-state index < -0.39 is 0 Å².